The Bertz CT molecular complexity index is 302. The normalized spacial score (nSPS) is 27.6. The molecule has 2 aliphatic rings. The number of rotatable bonds is 3. The second kappa shape index (κ2) is 4.41. The Balaban J connectivity index is 2.03. The quantitative estimate of drug-likeness (QED) is 0.706. The highest BCUT2D eigenvalue weighted by Crippen LogP contribution is 2.37. The molecule has 5 heteroatoms. The van der Waals surface area contributed by atoms with Crippen LogP contribution in [-0.4, -0.2) is 47.6 Å². The van der Waals surface area contributed by atoms with E-state index < -0.39 is 12.0 Å². The number of aliphatic carboxylic acids is 1. The summed E-state index contributed by atoms with van der Waals surface area (Å²) in [6, 6.07) is -0.692. The summed E-state index contributed by atoms with van der Waals surface area (Å²) >= 11 is 0. The molecule has 2 atom stereocenters. The van der Waals surface area contributed by atoms with Crippen molar-refractivity contribution in [1.29, 1.82) is 0 Å². The maximum Gasteiger partial charge on any atom is 0.327 e. The molecule has 1 aliphatic carbocycles. The van der Waals surface area contributed by atoms with E-state index in [-0.39, 0.29) is 11.8 Å². The molecule has 0 spiro atoms. The first-order valence-corrected chi connectivity index (χ1v) is 5.85. The number of carbonyl (C=O) groups excluding carboxylic acids is 1. The molecule has 2 N–H and O–H groups in total. The number of nitrogens with one attached hydrogen (secondary N) is 1. The fourth-order valence-corrected chi connectivity index (χ4v) is 2.25. The molecule has 0 radical (unpaired) electrons. The molecule has 0 aromatic rings. The number of hydrogen-bond donors (Lipinski definition) is 2. The summed E-state index contributed by atoms with van der Waals surface area (Å²) in [5.74, 6) is -0.434. The van der Waals surface area contributed by atoms with Crippen molar-refractivity contribution >= 4 is 11.9 Å². The highest BCUT2D eigenvalue weighted by Gasteiger charge is 2.39. The van der Waals surface area contributed by atoms with E-state index in [4.69, 9.17) is 5.11 Å². The predicted octanol–water partition coefficient (Wildman–Crippen LogP) is -0.0825. The number of amides is 1. The van der Waals surface area contributed by atoms with Crippen molar-refractivity contribution in [3.8, 4) is 0 Å². The third kappa shape index (κ3) is 2.19. The van der Waals surface area contributed by atoms with Crippen molar-refractivity contribution in [2.24, 2.45) is 11.8 Å². The molecule has 1 saturated carbocycles. The molecule has 1 amide bonds. The van der Waals surface area contributed by atoms with Gasteiger partial charge in [0.05, 0.1) is 0 Å². The van der Waals surface area contributed by atoms with Gasteiger partial charge in [-0.05, 0) is 18.8 Å². The monoisotopic (exact) mass is 226 g/mol. The molecule has 90 valence electrons. The van der Waals surface area contributed by atoms with Crippen LogP contribution in [0.3, 0.4) is 0 Å². The second-order valence-corrected chi connectivity index (χ2v) is 4.72. The summed E-state index contributed by atoms with van der Waals surface area (Å²) in [7, 11) is 0. The van der Waals surface area contributed by atoms with Gasteiger partial charge in [-0.25, -0.2) is 4.79 Å². The largest absolute Gasteiger partial charge is 0.480 e. The number of carbonyl (C=O) groups is 2. The van der Waals surface area contributed by atoms with Crippen LogP contribution in [0.25, 0.3) is 0 Å². The average Bonchev–Trinajstić information content (AvgIpc) is 3.11. The van der Waals surface area contributed by atoms with Gasteiger partial charge in [-0.1, -0.05) is 6.92 Å². The van der Waals surface area contributed by atoms with Crippen molar-refractivity contribution in [1.82, 2.24) is 10.2 Å². The molecule has 0 aromatic carbocycles. The molecular weight excluding hydrogens is 208 g/mol. The fraction of sp³-hybridized carbons (Fsp3) is 0.818. The first-order chi connectivity index (χ1) is 7.61. The van der Waals surface area contributed by atoms with Gasteiger partial charge in [0.25, 0.3) is 0 Å². The summed E-state index contributed by atoms with van der Waals surface area (Å²) in [5, 5.41) is 12.1. The van der Waals surface area contributed by atoms with Crippen LogP contribution in [0.2, 0.25) is 0 Å². The first kappa shape index (κ1) is 11.4. The number of nitrogens with zero attached hydrogens (tertiary/aromatic N) is 1. The van der Waals surface area contributed by atoms with Gasteiger partial charge in [0.2, 0.25) is 5.91 Å². The molecule has 16 heavy (non-hydrogen) atoms. The second-order valence-electron chi connectivity index (χ2n) is 4.72. The zero-order valence-corrected chi connectivity index (χ0v) is 9.48. The maximum absolute atomic E-state index is 12.1. The Hall–Kier alpha value is -1.10. The summed E-state index contributed by atoms with van der Waals surface area (Å²) in [5.41, 5.74) is 0. The minimum atomic E-state index is -0.913. The minimum absolute atomic E-state index is 0.0106. The lowest BCUT2D eigenvalue weighted by atomic mass is 10.0. The van der Waals surface area contributed by atoms with Crippen molar-refractivity contribution in [3.05, 3.63) is 0 Å². The zero-order valence-electron chi connectivity index (χ0n) is 9.48. The lowest BCUT2D eigenvalue weighted by molar-refractivity contribution is -0.153. The molecule has 1 aliphatic heterocycles. The Morgan fingerprint density at radius 3 is 2.69 bits per heavy atom. The Kier molecular flexibility index (Phi) is 3.14. The topological polar surface area (TPSA) is 69.6 Å². The molecule has 0 aromatic heterocycles. The predicted molar refractivity (Wildman–Crippen MR) is 57.9 cm³/mol. The van der Waals surface area contributed by atoms with Crippen LogP contribution in [0.15, 0.2) is 0 Å². The van der Waals surface area contributed by atoms with Gasteiger partial charge in [0.15, 0.2) is 0 Å². The Morgan fingerprint density at radius 1 is 1.44 bits per heavy atom. The van der Waals surface area contributed by atoms with E-state index in [1.807, 2.05) is 6.92 Å². The van der Waals surface area contributed by atoms with E-state index in [9.17, 15) is 9.59 Å². The molecule has 2 fully saturated rings. The van der Waals surface area contributed by atoms with Crippen LogP contribution in [0.1, 0.15) is 19.8 Å². The van der Waals surface area contributed by atoms with Gasteiger partial charge in [-0.15, -0.1) is 0 Å². The molecule has 2 rings (SSSR count). The summed E-state index contributed by atoms with van der Waals surface area (Å²) in [6.45, 7) is 3.47. The van der Waals surface area contributed by atoms with Crippen LogP contribution in [-0.2, 0) is 9.59 Å². The van der Waals surface area contributed by atoms with E-state index in [0.29, 0.717) is 25.6 Å². The number of carboxylic acids is 1. The molecule has 0 bridgehead atoms. The van der Waals surface area contributed by atoms with E-state index in [2.05, 4.69) is 5.32 Å². The maximum atomic E-state index is 12.1. The average molecular weight is 226 g/mol. The van der Waals surface area contributed by atoms with Gasteiger partial charge in [0, 0.05) is 25.6 Å². The lowest BCUT2D eigenvalue weighted by Crippen LogP contribution is -2.58. The van der Waals surface area contributed by atoms with Gasteiger partial charge in [-0.3, -0.25) is 4.79 Å². The summed E-state index contributed by atoms with van der Waals surface area (Å²) in [4.78, 5) is 24.7. The van der Waals surface area contributed by atoms with Crippen molar-refractivity contribution in [2.75, 3.05) is 19.6 Å². The molecule has 2 unspecified atom stereocenters. The third-order valence-corrected chi connectivity index (χ3v) is 3.53. The molecule has 5 nitrogen and oxygen atoms in total. The number of carboxylic acid groups (broad SMARTS) is 1. The summed E-state index contributed by atoms with van der Waals surface area (Å²) in [6.07, 6.45) is 2.22. The van der Waals surface area contributed by atoms with Crippen LogP contribution in [0.5, 0.6) is 0 Å². The lowest BCUT2D eigenvalue weighted by Gasteiger charge is -2.35. The van der Waals surface area contributed by atoms with Crippen LogP contribution < -0.4 is 5.32 Å². The highest BCUT2D eigenvalue weighted by atomic mass is 16.4. The Morgan fingerprint density at radius 2 is 2.12 bits per heavy atom. The molecule has 1 heterocycles. The highest BCUT2D eigenvalue weighted by molar-refractivity contribution is 5.85. The van der Waals surface area contributed by atoms with E-state index in [1.165, 1.54) is 4.90 Å². The standard InChI is InChI=1S/C11H18N2O3/c1-7(8-2-3-8)10(14)13-5-4-12-6-9(13)11(15)16/h7-9,12H,2-6H2,1H3,(H,15,16). The van der Waals surface area contributed by atoms with Crippen LogP contribution in [0.4, 0.5) is 0 Å². The molecular formula is C11H18N2O3. The van der Waals surface area contributed by atoms with Gasteiger partial charge < -0.3 is 15.3 Å². The van der Waals surface area contributed by atoms with Crippen LogP contribution in [0, 0.1) is 11.8 Å². The third-order valence-electron chi connectivity index (χ3n) is 3.53. The first-order valence-electron chi connectivity index (χ1n) is 5.85. The van der Waals surface area contributed by atoms with E-state index >= 15 is 0 Å². The SMILES string of the molecule is CC(C(=O)N1CCNCC1C(=O)O)C1CC1. The Labute approximate surface area is 94.8 Å². The van der Waals surface area contributed by atoms with Crippen LogP contribution >= 0.6 is 0 Å². The number of hydrogen-bond acceptors (Lipinski definition) is 3. The van der Waals surface area contributed by atoms with Gasteiger partial charge >= 0.3 is 5.97 Å². The zero-order chi connectivity index (χ0) is 11.7. The summed E-state index contributed by atoms with van der Waals surface area (Å²) < 4.78 is 0. The smallest absolute Gasteiger partial charge is 0.327 e. The van der Waals surface area contributed by atoms with Crippen molar-refractivity contribution in [2.45, 2.75) is 25.8 Å². The minimum Gasteiger partial charge on any atom is -0.480 e. The number of piperazine rings is 1. The molecule has 1 saturated heterocycles. The van der Waals surface area contributed by atoms with E-state index in [1.54, 1.807) is 0 Å². The van der Waals surface area contributed by atoms with Crippen molar-refractivity contribution < 1.29 is 14.7 Å². The van der Waals surface area contributed by atoms with Gasteiger partial charge in [0.1, 0.15) is 6.04 Å². The van der Waals surface area contributed by atoms with E-state index in [0.717, 1.165) is 12.8 Å². The van der Waals surface area contributed by atoms with Gasteiger partial charge in [-0.2, -0.15) is 0 Å². The van der Waals surface area contributed by atoms with Crippen molar-refractivity contribution in [3.63, 3.8) is 0 Å². The fourth-order valence-electron chi connectivity index (χ4n) is 2.25.